The van der Waals surface area contributed by atoms with Crippen molar-refractivity contribution in [2.45, 2.75) is 0 Å². The van der Waals surface area contributed by atoms with Gasteiger partial charge in [0, 0.05) is 0 Å². The van der Waals surface area contributed by atoms with Crippen molar-refractivity contribution in [1.82, 2.24) is 0 Å². The molecule has 0 aliphatic heterocycles. The number of halogens is 1. The lowest BCUT2D eigenvalue weighted by Crippen LogP contribution is -3.00. The molecule has 0 unspecified atom stereocenters. The number of nitrogens with zero attached hydrogens (tertiary/aromatic N) is 1. The van der Waals surface area contributed by atoms with Gasteiger partial charge in [0.2, 0.25) is 0 Å². The summed E-state index contributed by atoms with van der Waals surface area (Å²) in [5, 5.41) is 0. The number of likely N-dealkylation sites (N-methyl/N-ethyl adjacent to an activating group) is 1. The van der Waals surface area contributed by atoms with Gasteiger partial charge in [0.25, 0.3) is 0 Å². The minimum absolute atomic E-state index is 0. The Hall–Kier alpha value is 0.170. The zero-order valence-corrected chi connectivity index (χ0v) is 8.97. The fourth-order valence-corrected chi connectivity index (χ4v) is 0.774. The molecule has 2 radical (unpaired) electrons. The van der Waals surface area contributed by atoms with Crippen molar-refractivity contribution in [2.24, 2.45) is 0 Å². The first-order valence-corrected chi connectivity index (χ1v) is 3.16. The summed E-state index contributed by atoms with van der Waals surface area (Å²) >= 11 is 0. The minimum Gasteiger partial charge on any atom is -0.322 e. The Kier molecular flexibility index (Phi) is 7.58. The summed E-state index contributed by atoms with van der Waals surface area (Å²) in [6.07, 6.45) is 3.87. The molecule has 0 aromatic rings. The zero-order valence-electron chi connectivity index (χ0n) is 6.81. The van der Waals surface area contributed by atoms with Crippen LogP contribution in [0.5, 0.6) is 0 Å². The second kappa shape index (κ2) is 5.92. The molecule has 0 aliphatic rings. The molecule has 0 bridgehead atoms. The van der Waals surface area contributed by atoms with E-state index in [-0.39, 0.29) is 24.0 Å². The fourth-order valence-electron chi connectivity index (χ4n) is 0.774. The van der Waals surface area contributed by atoms with Crippen molar-refractivity contribution in [3.05, 3.63) is 25.3 Å². The van der Waals surface area contributed by atoms with Crippen LogP contribution in [0.25, 0.3) is 0 Å². The standard InChI is InChI=1S/C8H16N.I/c1-5-7-9(3,4)8-6-2;/h5-6H,1-2,7-8H2,3-4H3;/q2*+1. The molecule has 0 aromatic heterocycles. The lowest BCUT2D eigenvalue weighted by atomic mass is 10.4. The van der Waals surface area contributed by atoms with E-state index < -0.39 is 0 Å². The van der Waals surface area contributed by atoms with Gasteiger partial charge in [-0.2, -0.15) is 0 Å². The van der Waals surface area contributed by atoms with Crippen LogP contribution in [0.3, 0.4) is 0 Å². The third kappa shape index (κ3) is 6.29. The highest BCUT2D eigenvalue weighted by atomic mass is 127. The van der Waals surface area contributed by atoms with Crippen LogP contribution in [-0.4, -0.2) is 31.7 Å². The van der Waals surface area contributed by atoms with Gasteiger partial charge in [-0.25, -0.2) is 0 Å². The molecule has 1 nitrogen and oxygen atoms in total. The van der Waals surface area contributed by atoms with Gasteiger partial charge in [0.15, 0.2) is 0 Å². The van der Waals surface area contributed by atoms with Crippen LogP contribution in [0.1, 0.15) is 0 Å². The largest absolute Gasteiger partial charge is 1.00 e. The van der Waals surface area contributed by atoms with Crippen LogP contribution in [0, 0.1) is 0 Å². The molecule has 58 valence electrons. The van der Waals surface area contributed by atoms with E-state index in [0.29, 0.717) is 0 Å². The van der Waals surface area contributed by atoms with Gasteiger partial charge in [0.05, 0.1) is 27.2 Å². The first-order chi connectivity index (χ1) is 4.12. The third-order valence-corrected chi connectivity index (χ3v) is 1.25. The summed E-state index contributed by atoms with van der Waals surface area (Å²) < 4.78 is 0.951. The van der Waals surface area contributed by atoms with Crippen LogP contribution in [-0.2, 0) is 0 Å². The molecule has 0 rings (SSSR count). The Balaban J connectivity index is 0. The summed E-state index contributed by atoms with van der Waals surface area (Å²) in [6, 6.07) is 0. The monoisotopic (exact) mass is 253 g/mol. The van der Waals surface area contributed by atoms with Gasteiger partial charge in [-0.05, 0) is 12.2 Å². The van der Waals surface area contributed by atoms with Gasteiger partial charge in [0.1, 0.15) is 0 Å². The van der Waals surface area contributed by atoms with E-state index >= 15 is 0 Å². The summed E-state index contributed by atoms with van der Waals surface area (Å²) in [4.78, 5) is 0. The van der Waals surface area contributed by atoms with Crippen molar-refractivity contribution in [2.75, 3.05) is 27.2 Å². The van der Waals surface area contributed by atoms with Crippen molar-refractivity contribution < 1.29 is 28.5 Å². The Morgan fingerprint density at radius 2 is 1.40 bits per heavy atom. The lowest BCUT2D eigenvalue weighted by molar-refractivity contribution is -0.878. The second-order valence-electron chi connectivity index (χ2n) is 2.88. The fraction of sp³-hybridized carbons (Fsp3) is 0.500. The maximum Gasteiger partial charge on any atom is 1.00 e. The summed E-state index contributed by atoms with van der Waals surface area (Å²) in [7, 11) is 4.31. The third-order valence-electron chi connectivity index (χ3n) is 1.25. The van der Waals surface area contributed by atoms with E-state index in [0.717, 1.165) is 17.6 Å². The van der Waals surface area contributed by atoms with Crippen LogP contribution >= 0.6 is 0 Å². The highest BCUT2D eigenvalue weighted by Crippen LogP contribution is 1.95. The molecule has 10 heavy (non-hydrogen) atoms. The molecule has 0 heterocycles. The molecule has 0 atom stereocenters. The molecule has 0 amide bonds. The molecular formula is C8H16IN+2. The van der Waals surface area contributed by atoms with E-state index in [9.17, 15) is 0 Å². The summed E-state index contributed by atoms with van der Waals surface area (Å²) in [5.41, 5.74) is 0. The highest BCUT2D eigenvalue weighted by molar-refractivity contribution is 4.69. The molecule has 0 aromatic carbocycles. The molecule has 0 N–H and O–H groups in total. The first-order valence-electron chi connectivity index (χ1n) is 3.16. The SMILES string of the molecule is C=CC[N+](C)(C)CC=C.[I+]. The van der Waals surface area contributed by atoms with Crippen molar-refractivity contribution >= 4 is 0 Å². The molecule has 2 heteroatoms. The average Bonchev–Trinajstić information content (AvgIpc) is 1.64. The molecule has 0 saturated heterocycles. The maximum atomic E-state index is 3.68. The Labute approximate surface area is 81.0 Å². The van der Waals surface area contributed by atoms with E-state index in [4.69, 9.17) is 0 Å². The van der Waals surface area contributed by atoms with Gasteiger partial charge in [-0.15, -0.1) is 0 Å². The van der Waals surface area contributed by atoms with E-state index in [1.807, 2.05) is 12.2 Å². The first kappa shape index (κ1) is 12.8. The summed E-state index contributed by atoms with van der Waals surface area (Å²) in [5.74, 6) is 0. The molecule has 0 aliphatic carbocycles. The molecular weight excluding hydrogens is 237 g/mol. The molecule has 0 fully saturated rings. The smallest absolute Gasteiger partial charge is 0.322 e. The van der Waals surface area contributed by atoms with Crippen LogP contribution in [0.15, 0.2) is 25.3 Å². The lowest BCUT2D eigenvalue weighted by Gasteiger charge is -2.26. The second-order valence-corrected chi connectivity index (χ2v) is 2.88. The zero-order chi connectivity index (χ0) is 7.33. The van der Waals surface area contributed by atoms with Gasteiger partial charge < -0.3 is 4.48 Å². The quantitative estimate of drug-likeness (QED) is 0.323. The molecule has 0 saturated carbocycles. The Morgan fingerprint density at radius 1 is 1.10 bits per heavy atom. The van der Waals surface area contributed by atoms with Crippen molar-refractivity contribution in [3.63, 3.8) is 0 Å². The van der Waals surface area contributed by atoms with Gasteiger partial charge in [-0.3, -0.25) is 0 Å². The van der Waals surface area contributed by atoms with E-state index in [1.165, 1.54) is 0 Å². The predicted octanol–water partition coefficient (Wildman–Crippen LogP) is -1.56. The van der Waals surface area contributed by atoms with Crippen molar-refractivity contribution in [3.8, 4) is 0 Å². The van der Waals surface area contributed by atoms with E-state index in [2.05, 4.69) is 27.3 Å². The van der Waals surface area contributed by atoms with Crippen LogP contribution < -0.4 is 24.0 Å². The topological polar surface area (TPSA) is 0 Å². The molecule has 0 spiro atoms. The van der Waals surface area contributed by atoms with Crippen molar-refractivity contribution in [1.29, 1.82) is 0 Å². The number of quaternary nitrogens is 1. The Bertz CT molecular complexity index is 95.8. The predicted molar refractivity (Wildman–Crippen MR) is 42.2 cm³/mol. The van der Waals surface area contributed by atoms with E-state index in [1.54, 1.807) is 0 Å². The average molecular weight is 253 g/mol. The number of hydrogen-bond donors (Lipinski definition) is 0. The normalized spacial score (nSPS) is 9.80. The van der Waals surface area contributed by atoms with Gasteiger partial charge >= 0.3 is 24.0 Å². The van der Waals surface area contributed by atoms with Crippen LogP contribution in [0.4, 0.5) is 0 Å². The minimum atomic E-state index is 0. The number of rotatable bonds is 4. The number of hydrogen-bond acceptors (Lipinski definition) is 0. The summed E-state index contributed by atoms with van der Waals surface area (Å²) in [6.45, 7) is 9.37. The Morgan fingerprint density at radius 3 is 1.60 bits per heavy atom. The van der Waals surface area contributed by atoms with Gasteiger partial charge in [-0.1, -0.05) is 13.2 Å². The van der Waals surface area contributed by atoms with Crippen LogP contribution in [0.2, 0.25) is 0 Å². The maximum absolute atomic E-state index is 3.68. The highest BCUT2D eigenvalue weighted by Gasteiger charge is 2.07.